The monoisotopic (exact) mass is 522 g/mol. The fourth-order valence-corrected chi connectivity index (χ4v) is 4.21. The molecule has 4 rings (SSSR count). The normalized spacial score (nSPS) is 14.4. The number of benzene rings is 2. The summed E-state index contributed by atoms with van der Waals surface area (Å²) in [4.78, 5) is 33.7. The van der Waals surface area contributed by atoms with Gasteiger partial charge in [0.25, 0.3) is 5.56 Å². The zero-order valence-corrected chi connectivity index (χ0v) is 20.3. The van der Waals surface area contributed by atoms with Crippen molar-refractivity contribution in [2.45, 2.75) is 20.0 Å². The Balaban J connectivity index is 1.78. The molecular formula is C25H23ClF4N4O2. The third-order valence-electron chi connectivity index (χ3n) is 5.94. The third-order valence-corrected chi connectivity index (χ3v) is 6.17. The molecule has 1 fully saturated rings. The number of hydrogen-bond acceptors (Lipinski definition) is 4. The van der Waals surface area contributed by atoms with E-state index in [1.54, 1.807) is 4.90 Å². The molecule has 1 amide bonds. The summed E-state index contributed by atoms with van der Waals surface area (Å²) < 4.78 is 55.1. The van der Waals surface area contributed by atoms with E-state index < -0.39 is 23.1 Å². The van der Waals surface area contributed by atoms with Crippen molar-refractivity contribution in [2.75, 3.05) is 31.1 Å². The molecule has 2 aromatic carbocycles. The maximum atomic E-state index is 14.9. The van der Waals surface area contributed by atoms with Crippen molar-refractivity contribution in [1.29, 1.82) is 0 Å². The second-order valence-corrected chi connectivity index (χ2v) is 9.18. The van der Waals surface area contributed by atoms with Gasteiger partial charge in [-0.1, -0.05) is 25.4 Å². The number of amides is 1. The lowest BCUT2D eigenvalue weighted by molar-refractivity contribution is -0.137. The average molecular weight is 523 g/mol. The highest BCUT2D eigenvalue weighted by Crippen LogP contribution is 2.31. The van der Waals surface area contributed by atoms with Gasteiger partial charge in [-0.2, -0.15) is 13.2 Å². The Bertz CT molecular complexity index is 1330. The van der Waals surface area contributed by atoms with Gasteiger partial charge in [-0.05, 0) is 42.5 Å². The van der Waals surface area contributed by atoms with E-state index in [1.807, 2.05) is 18.7 Å². The lowest BCUT2D eigenvalue weighted by Gasteiger charge is -2.36. The van der Waals surface area contributed by atoms with E-state index in [1.165, 1.54) is 18.2 Å². The Hall–Kier alpha value is -3.40. The Kier molecular flexibility index (Phi) is 7.08. The summed E-state index contributed by atoms with van der Waals surface area (Å²) in [7, 11) is 0. The highest BCUT2D eigenvalue weighted by molar-refractivity contribution is 6.30. The van der Waals surface area contributed by atoms with E-state index in [4.69, 9.17) is 11.6 Å². The fourth-order valence-electron chi connectivity index (χ4n) is 4.05. The maximum absolute atomic E-state index is 14.9. The van der Waals surface area contributed by atoms with Gasteiger partial charge in [-0.25, -0.2) is 9.37 Å². The van der Waals surface area contributed by atoms with Gasteiger partial charge < -0.3 is 9.80 Å². The zero-order chi connectivity index (χ0) is 26.2. The Morgan fingerprint density at radius 1 is 1.00 bits per heavy atom. The number of carbonyl (C=O) groups excluding carboxylic acids is 1. The van der Waals surface area contributed by atoms with Gasteiger partial charge in [0.15, 0.2) is 5.82 Å². The minimum Gasteiger partial charge on any atom is -0.353 e. The van der Waals surface area contributed by atoms with Crippen LogP contribution in [0, 0.1) is 11.7 Å². The van der Waals surface area contributed by atoms with Crippen molar-refractivity contribution in [3.63, 3.8) is 0 Å². The highest BCUT2D eigenvalue weighted by Gasteiger charge is 2.30. The summed E-state index contributed by atoms with van der Waals surface area (Å²) in [6.07, 6.45) is -4.55. The highest BCUT2D eigenvalue weighted by atomic mass is 35.5. The molecule has 0 aliphatic carbocycles. The molecule has 0 radical (unpaired) electrons. The Labute approximate surface area is 209 Å². The average Bonchev–Trinajstić information content (AvgIpc) is 2.83. The van der Waals surface area contributed by atoms with Gasteiger partial charge in [-0.3, -0.25) is 14.2 Å². The van der Waals surface area contributed by atoms with Gasteiger partial charge in [-0.15, -0.1) is 0 Å². The molecule has 1 aliphatic rings. The molecular weight excluding hydrogens is 500 g/mol. The van der Waals surface area contributed by atoms with Crippen LogP contribution >= 0.6 is 11.6 Å². The number of piperazine rings is 1. The van der Waals surface area contributed by atoms with Crippen molar-refractivity contribution in [3.8, 4) is 17.1 Å². The number of nitrogens with zero attached hydrogens (tertiary/aromatic N) is 4. The Morgan fingerprint density at radius 3 is 2.19 bits per heavy atom. The molecule has 1 aliphatic heterocycles. The number of alkyl halides is 3. The van der Waals surface area contributed by atoms with E-state index >= 15 is 0 Å². The van der Waals surface area contributed by atoms with E-state index in [0.29, 0.717) is 26.2 Å². The minimum atomic E-state index is -4.55. The van der Waals surface area contributed by atoms with Crippen LogP contribution < -0.4 is 10.5 Å². The van der Waals surface area contributed by atoms with E-state index in [9.17, 15) is 27.2 Å². The van der Waals surface area contributed by atoms with Crippen LogP contribution in [-0.4, -0.2) is 46.5 Å². The molecule has 0 unspecified atom stereocenters. The molecule has 11 heteroatoms. The van der Waals surface area contributed by atoms with Crippen LogP contribution in [0.25, 0.3) is 17.1 Å². The van der Waals surface area contributed by atoms with Crippen LogP contribution in [-0.2, 0) is 11.0 Å². The van der Waals surface area contributed by atoms with Crippen LogP contribution in [0.5, 0.6) is 0 Å². The standard InChI is InChI=1S/C25H23ClF4N4O2/c1-15(2)24(36)33-11-9-32(10-12-33)21-14-22(35)34(18-6-3-16(4-7-18)25(28,29)30)23(31-21)19-8-5-17(26)13-20(19)27/h3-8,13-15H,9-12H2,1-2H3. The molecule has 6 nitrogen and oxygen atoms in total. The number of hydrogen-bond donors (Lipinski definition) is 0. The van der Waals surface area contributed by atoms with E-state index in [0.717, 1.165) is 34.9 Å². The number of halogens is 5. The summed E-state index contributed by atoms with van der Waals surface area (Å²) >= 11 is 5.89. The molecule has 36 heavy (non-hydrogen) atoms. The molecule has 0 spiro atoms. The lowest BCUT2D eigenvalue weighted by Crippen LogP contribution is -2.50. The molecule has 0 N–H and O–H groups in total. The molecule has 1 saturated heterocycles. The summed E-state index contributed by atoms with van der Waals surface area (Å²) in [5.74, 6) is -0.637. The molecule has 190 valence electrons. The molecule has 2 heterocycles. The molecule has 0 saturated carbocycles. The van der Waals surface area contributed by atoms with Crippen LogP contribution in [0.15, 0.2) is 53.3 Å². The van der Waals surface area contributed by atoms with Gasteiger partial charge in [0, 0.05) is 43.2 Å². The largest absolute Gasteiger partial charge is 0.416 e. The number of carbonyl (C=O) groups is 1. The first kappa shape index (κ1) is 25.7. The van der Waals surface area contributed by atoms with Gasteiger partial charge in [0.2, 0.25) is 5.91 Å². The lowest BCUT2D eigenvalue weighted by atomic mass is 10.1. The van der Waals surface area contributed by atoms with Crippen molar-refractivity contribution in [1.82, 2.24) is 14.5 Å². The Morgan fingerprint density at radius 2 is 1.64 bits per heavy atom. The van der Waals surface area contributed by atoms with Crippen molar-refractivity contribution in [3.05, 3.63) is 75.3 Å². The summed E-state index contributed by atoms with van der Waals surface area (Å²) in [6, 6.07) is 9.11. The molecule has 1 aromatic heterocycles. The SMILES string of the molecule is CC(C)C(=O)N1CCN(c2cc(=O)n(-c3ccc(C(F)(F)F)cc3)c(-c3ccc(Cl)cc3F)n2)CC1. The second kappa shape index (κ2) is 9.93. The van der Waals surface area contributed by atoms with Crippen LogP contribution in [0.2, 0.25) is 5.02 Å². The third kappa shape index (κ3) is 5.23. The van der Waals surface area contributed by atoms with Gasteiger partial charge in [0.05, 0.1) is 16.8 Å². The quantitative estimate of drug-likeness (QED) is 0.452. The van der Waals surface area contributed by atoms with Crippen LogP contribution in [0.3, 0.4) is 0 Å². The predicted molar refractivity (Wildman–Crippen MR) is 129 cm³/mol. The molecule has 0 bridgehead atoms. The maximum Gasteiger partial charge on any atom is 0.416 e. The molecule has 0 atom stereocenters. The van der Waals surface area contributed by atoms with Gasteiger partial charge >= 0.3 is 6.18 Å². The number of anilines is 1. The summed E-state index contributed by atoms with van der Waals surface area (Å²) in [5, 5.41) is 0.141. The zero-order valence-electron chi connectivity index (χ0n) is 19.5. The number of rotatable bonds is 4. The number of aromatic nitrogens is 2. The van der Waals surface area contributed by atoms with Crippen molar-refractivity contribution >= 4 is 23.3 Å². The smallest absolute Gasteiger partial charge is 0.353 e. The van der Waals surface area contributed by atoms with Crippen molar-refractivity contribution in [2.24, 2.45) is 5.92 Å². The van der Waals surface area contributed by atoms with Gasteiger partial charge in [0.1, 0.15) is 11.6 Å². The summed E-state index contributed by atoms with van der Waals surface area (Å²) in [5.41, 5.74) is -1.41. The van der Waals surface area contributed by atoms with Crippen molar-refractivity contribution < 1.29 is 22.4 Å². The minimum absolute atomic E-state index is 0.0317. The first-order valence-electron chi connectivity index (χ1n) is 11.3. The van der Waals surface area contributed by atoms with Crippen LogP contribution in [0.1, 0.15) is 19.4 Å². The van der Waals surface area contributed by atoms with E-state index in [2.05, 4.69) is 4.98 Å². The summed E-state index contributed by atoms with van der Waals surface area (Å²) in [6.45, 7) is 5.35. The molecule has 3 aromatic rings. The second-order valence-electron chi connectivity index (χ2n) is 8.75. The predicted octanol–water partition coefficient (Wildman–Crippen LogP) is 5.02. The van der Waals surface area contributed by atoms with E-state index in [-0.39, 0.29) is 39.7 Å². The first-order chi connectivity index (χ1) is 17.0. The fraction of sp³-hybridized carbons (Fsp3) is 0.320. The first-order valence-corrected chi connectivity index (χ1v) is 11.6. The van der Waals surface area contributed by atoms with Crippen LogP contribution in [0.4, 0.5) is 23.4 Å². The topological polar surface area (TPSA) is 58.4 Å².